The quantitative estimate of drug-likeness (QED) is 0.593. The van der Waals surface area contributed by atoms with E-state index in [1.807, 2.05) is 18.2 Å². The van der Waals surface area contributed by atoms with Crippen molar-refractivity contribution in [1.82, 2.24) is 0 Å². The van der Waals surface area contributed by atoms with Gasteiger partial charge in [-0.05, 0) is 34.6 Å². The Morgan fingerprint density at radius 1 is 0.960 bits per heavy atom. The summed E-state index contributed by atoms with van der Waals surface area (Å²) in [7, 11) is 1.81. The lowest BCUT2D eigenvalue weighted by molar-refractivity contribution is 0.444. The van der Waals surface area contributed by atoms with Gasteiger partial charge in [0.25, 0.3) is 0 Å². The van der Waals surface area contributed by atoms with Gasteiger partial charge in [0.1, 0.15) is 17.1 Å². The number of hydrogen-bond acceptors (Lipinski definition) is 4. The molecule has 2 rings (SSSR count). The number of aromatic hydroxyl groups is 1. The minimum Gasteiger partial charge on any atom is -0.505 e. The van der Waals surface area contributed by atoms with Crippen LogP contribution in [-0.4, -0.2) is 23.6 Å². The first-order valence-corrected chi connectivity index (χ1v) is 8.55. The summed E-state index contributed by atoms with van der Waals surface area (Å²) in [4.78, 5) is 0. The number of rotatable bonds is 2. The average Bonchev–Trinajstić information content (AvgIpc) is 2.47. The standard InChI is InChI=1S/C21H29N3O/c1-20(2,3)14-12-15(21(4,5)6)19(25)18(13-14)24(7)23-17-11-9-8-10-16(17)22/h8-13,22,25H,1-7H3/b22-16?,23-17-. The largest absolute Gasteiger partial charge is 0.505 e. The Hall–Kier alpha value is -2.36. The zero-order chi connectivity index (χ0) is 19.0. The highest BCUT2D eigenvalue weighted by molar-refractivity contribution is 6.50. The summed E-state index contributed by atoms with van der Waals surface area (Å²) in [6.07, 6.45) is 7.18. The molecule has 0 heterocycles. The van der Waals surface area contributed by atoms with E-state index in [0.29, 0.717) is 17.1 Å². The topological polar surface area (TPSA) is 59.7 Å². The van der Waals surface area contributed by atoms with Gasteiger partial charge < -0.3 is 5.11 Å². The van der Waals surface area contributed by atoms with Gasteiger partial charge in [0, 0.05) is 12.6 Å². The molecule has 0 saturated carbocycles. The molecule has 0 aromatic heterocycles. The molecule has 0 aliphatic heterocycles. The molecule has 1 aliphatic rings. The molecule has 4 nitrogen and oxygen atoms in total. The molecule has 0 radical (unpaired) electrons. The predicted molar refractivity (Wildman–Crippen MR) is 107 cm³/mol. The van der Waals surface area contributed by atoms with E-state index in [1.54, 1.807) is 24.2 Å². The third-order valence-electron chi connectivity index (χ3n) is 4.27. The molecular formula is C21H29N3O. The van der Waals surface area contributed by atoms with Crippen LogP contribution in [0.5, 0.6) is 5.75 Å². The summed E-state index contributed by atoms with van der Waals surface area (Å²) < 4.78 is 0. The van der Waals surface area contributed by atoms with Crippen LogP contribution in [0.2, 0.25) is 0 Å². The molecule has 0 saturated heterocycles. The van der Waals surface area contributed by atoms with Crippen molar-refractivity contribution in [3.8, 4) is 5.75 Å². The lowest BCUT2D eigenvalue weighted by Gasteiger charge is -2.29. The predicted octanol–water partition coefficient (Wildman–Crippen LogP) is 4.93. The van der Waals surface area contributed by atoms with Crippen molar-refractivity contribution in [2.75, 3.05) is 12.1 Å². The minimum absolute atomic E-state index is 0.0450. The van der Waals surface area contributed by atoms with Crippen LogP contribution in [-0.2, 0) is 10.8 Å². The van der Waals surface area contributed by atoms with Crippen LogP contribution >= 0.6 is 0 Å². The second-order valence-electron chi connectivity index (χ2n) is 8.53. The number of phenolic OH excluding ortho intramolecular Hbond substituents is 1. The fraction of sp³-hybridized carbons (Fsp3) is 0.429. The molecular weight excluding hydrogens is 310 g/mol. The number of phenols is 1. The van der Waals surface area contributed by atoms with E-state index in [0.717, 1.165) is 11.1 Å². The van der Waals surface area contributed by atoms with E-state index < -0.39 is 0 Å². The Morgan fingerprint density at radius 2 is 1.56 bits per heavy atom. The Kier molecular flexibility index (Phi) is 4.94. The van der Waals surface area contributed by atoms with Crippen molar-refractivity contribution >= 4 is 17.1 Å². The molecule has 134 valence electrons. The van der Waals surface area contributed by atoms with Gasteiger partial charge in [0.15, 0.2) is 0 Å². The molecule has 0 unspecified atom stereocenters. The highest BCUT2D eigenvalue weighted by Gasteiger charge is 2.26. The van der Waals surface area contributed by atoms with Gasteiger partial charge >= 0.3 is 0 Å². The number of allylic oxidation sites excluding steroid dienone is 4. The Morgan fingerprint density at radius 3 is 2.08 bits per heavy atom. The van der Waals surface area contributed by atoms with Crippen molar-refractivity contribution in [2.45, 2.75) is 52.4 Å². The van der Waals surface area contributed by atoms with E-state index in [9.17, 15) is 5.11 Å². The third-order valence-corrected chi connectivity index (χ3v) is 4.27. The van der Waals surface area contributed by atoms with Gasteiger partial charge in [0.2, 0.25) is 0 Å². The second-order valence-corrected chi connectivity index (χ2v) is 8.53. The Labute approximate surface area is 151 Å². The molecule has 0 spiro atoms. The van der Waals surface area contributed by atoms with E-state index in [2.05, 4.69) is 52.7 Å². The summed E-state index contributed by atoms with van der Waals surface area (Å²) in [6.45, 7) is 12.8. The van der Waals surface area contributed by atoms with Gasteiger partial charge in [-0.1, -0.05) is 59.8 Å². The van der Waals surface area contributed by atoms with Crippen molar-refractivity contribution in [1.29, 1.82) is 5.41 Å². The molecule has 1 aliphatic carbocycles. The van der Waals surface area contributed by atoms with E-state index in [1.165, 1.54) is 0 Å². The SMILES string of the molecule is CN(/N=C1/C=CC=CC1=N)c1cc(C(C)(C)C)cc(C(C)(C)C)c1O. The maximum Gasteiger partial charge on any atom is 0.144 e. The van der Waals surface area contributed by atoms with Crippen LogP contribution < -0.4 is 5.01 Å². The normalized spacial score (nSPS) is 16.6. The Bertz CT molecular complexity index is 772. The smallest absolute Gasteiger partial charge is 0.144 e. The summed E-state index contributed by atoms with van der Waals surface area (Å²) in [5, 5.41) is 25.0. The third kappa shape index (κ3) is 4.19. The first kappa shape index (κ1) is 19.0. The molecule has 4 heteroatoms. The van der Waals surface area contributed by atoms with E-state index in [-0.39, 0.29) is 16.6 Å². The fourth-order valence-electron chi connectivity index (χ4n) is 2.65. The van der Waals surface area contributed by atoms with Crippen molar-refractivity contribution in [3.05, 3.63) is 47.6 Å². The first-order valence-electron chi connectivity index (χ1n) is 8.55. The van der Waals surface area contributed by atoms with E-state index >= 15 is 0 Å². The molecule has 0 atom stereocenters. The monoisotopic (exact) mass is 339 g/mol. The average molecular weight is 339 g/mol. The maximum absolute atomic E-state index is 10.9. The molecule has 0 amide bonds. The van der Waals surface area contributed by atoms with Crippen LogP contribution in [0.1, 0.15) is 52.7 Å². The molecule has 0 bridgehead atoms. The van der Waals surface area contributed by atoms with Crippen LogP contribution in [0.15, 0.2) is 41.5 Å². The van der Waals surface area contributed by atoms with Crippen molar-refractivity contribution in [2.24, 2.45) is 5.10 Å². The number of anilines is 1. The highest BCUT2D eigenvalue weighted by Crippen LogP contribution is 2.41. The minimum atomic E-state index is -0.186. The van der Waals surface area contributed by atoms with Gasteiger partial charge in [-0.3, -0.25) is 10.4 Å². The number of hydrazone groups is 1. The van der Waals surface area contributed by atoms with Gasteiger partial charge in [-0.2, -0.15) is 5.10 Å². The number of hydrogen-bond donors (Lipinski definition) is 2. The van der Waals surface area contributed by atoms with Crippen LogP contribution in [0.4, 0.5) is 5.69 Å². The van der Waals surface area contributed by atoms with Gasteiger partial charge in [0.05, 0.1) is 5.71 Å². The molecule has 1 aromatic rings. The molecule has 1 aromatic carbocycles. The Balaban J connectivity index is 2.60. The summed E-state index contributed by atoms with van der Waals surface area (Å²) in [5.41, 5.74) is 3.40. The van der Waals surface area contributed by atoms with Gasteiger partial charge in [-0.25, -0.2) is 0 Å². The molecule has 25 heavy (non-hydrogen) atoms. The molecule has 0 fully saturated rings. The first-order chi connectivity index (χ1) is 11.4. The van der Waals surface area contributed by atoms with Crippen LogP contribution in [0.25, 0.3) is 0 Å². The van der Waals surface area contributed by atoms with E-state index in [4.69, 9.17) is 5.41 Å². The zero-order valence-electron chi connectivity index (χ0n) is 16.3. The summed E-state index contributed by atoms with van der Waals surface area (Å²) >= 11 is 0. The zero-order valence-corrected chi connectivity index (χ0v) is 16.3. The lowest BCUT2D eigenvalue weighted by Crippen LogP contribution is -2.21. The van der Waals surface area contributed by atoms with Gasteiger partial charge in [-0.15, -0.1) is 0 Å². The maximum atomic E-state index is 10.9. The van der Waals surface area contributed by atoms with Crippen molar-refractivity contribution < 1.29 is 5.11 Å². The summed E-state index contributed by atoms with van der Waals surface area (Å²) in [6, 6.07) is 4.08. The number of nitrogens with one attached hydrogen (secondary N) is 1. The van der Waals surface area contributed by atoms with Crippen LogP contribution in [0, 0.1) is 5.41 Å². The lowest BCUT2D eigenvalue weighted by atomic mass is 9.79. The summed E-state index contributed by atoms with van der Waals surface area (Å²) in [5.74, 6) is 0.245. The van der Waals surface area contributed by atoms with Crippen LogP contribution in [0.3, 0.4) is 0 Å². The molecule has 2 N–H and O–H groups in total. The van der Waals surface area contributed by atoms with Crippen molar-refractivity contribution in [3.63, 3.8) is 0 Å². The second kappa shape index (κ2) is 6.51. The number of benzene rings is 1. The number of nitrogens with zero attached hydrogens (tertiary/aromatic N) is 2. The highest BCUT2D eigenvalue weighted by atomic mass is 16.3. The fourth-order valence-corrected chi connectivity index (χ4v) is 2.65.